The van der Waals surface area contributed by atoms with E-state index in [0.717, 1.165) is 0 Å². The highest BCUT2D eigenvalue weighted by atomic mass is 35.5. The van der Waals surface area contributed by atoms with Gasteiger partial charge < -0.3 is 10.1 Å². The van der Waals surface area contributed by atoms with E-state index in [1.807, 2.05) is 0 Å². The van der Waals surface area contributed by atoms with Gasteiger partial charge in [0.2, 0.25) is 0 Å². The summed E-state index contributed by atoms with van der Waals surface area (Å²) < 4.78 is 4.95. The third-order valence-corrected chi connectivity index (χ3v) is 1.96. The largest absolute Gasteiger partial charge is 0.497 e. The number of halogens is 1. The van der Waals surface area contributed by atoms with Crippen LogP contribution in [-0.2, 0) is 0 Å². The van der Waals surface area contributed by atoms with Crippen molar-refractivity contribution in [2.45, 2.75) is 0 Å². The molecule has 70 valence electrons. The Bertz CT molecular complexity index is 325. The molecule has 0 bridgehead atoms. The number of nitrogens with one attached hydrogen (secondary N) is 1. The molecule has 0 aromatic heterocycles. The molecule has 1 aromatic carbocycles. The van der Waals surface area contributed by atoms with Crippen LogP contribution in [0.15, 0.2) is 18.2 Å². The molecule has 0 atom stereocenters. The first-order valence-electron chi connectivity index (χ1n) is 3.74. The van der Waals surface area contributed by atoms with Crippen LogP contribution >= 0.6 is 11.6 Å². The standard InChI is InChI=1S/C9H10ClNO2/c1-11-9(12)7-4-3-6(13-2)5-8(7)10/h3-5H,1-2H3,(H,11,12). The molecule has 0 unspecified atom stereocenters. The molecule has 1 amide bonds. The van der Waals surface area contributed by atoms with Crippen molar-refractivity contribution in [3.63, 3.8) is 0 Å². The summed E-state index contributed by atoms with van der Waals surface area (Å²) >= 11 is 5.84. The second-order valence-corrected chi connectivity index (χ2v) is 2.83. The van der Waals surface area contributed by atoms with Crippen molar-refractivity contribution in [1.29, 1.82) is 0 Å². The van der Waals surface area contributed by atoms with Gasteiger partial charge in [-0.15, -0.1) is 0 Å². The number of hydrogen-bond acceptors (Lipinski definition) is 2. The lowest BCUT2D eigenvalue weighted by Gasteiger charge is -2.04. The number of amides is 1. The van der Waals surface area contributed by atoms with Crippen molar-refractivity contribution in [2.24, 2.45) is 0 Å². The number of ether oxygens (including phenoxy) is 1. The molecule has 1 aromatic rings. The second kappa shape index (κ2) is 4.14. The summed E-state index contributed by atoms with van der Waals surface area (Å²) in [6, 6.07) is 4.92. The Balaban J connectivity index is 3.05. The van der Waals surface area contributed by atoms with Crippen LogP contribution in [0.4, 0.5) is 0 Å². The van der Waals surface area contributed by atoms with Gasteiger partial charge in [0.1, 0.15) is 5.75 Å². The van der Waals surface area contributed by atoms with E-state index < -0.39 is 0 Å². The van der Waals surface area contributed by atoms with Gasteiger partial charge in [0.25, 0.3) is 5.91 Å². The Morgan fingerprint density at radius 2 is 2.23 bits per heavy atom. The van der Waals surface area contributed by atoms with E-state index in [2.05, 4.69) is 5.32 Å². The molecule has 0 saturated carbocycles. The number of hydrogen-bond donors (Lipinski definition) is 1. The number of carbonyl (C=O) groups is 1. The SMILES string of the molecule is CNC(=O)c1ccc(OC)cc1Cl. The minimum absolute atomic E-state index is 0.201. The fourth-order valence-corrected chi connectivity index (χ4v) is 1.20. The Labute approximate surface area is 81.7 Å². The monoisotopic (exact) mass is 199 g/mol. The molecule has 1 N–H and O–H groups in total. The van der Waals surface area contributed by atoms with Crippen molar-refractivity contribution in [3.05, 3.63) is 28.8 Å². The van der Waals surface area contributed by atoms with Crippen LogP contribution < -0.4 is 10.1 Å². The van der Waals surface area contributed by atoms with E-state index in [4.69, 9.17) is 16.3 Å². The van der Waals surface area contributed by atoms with E-state index in [-0.39, 0.29) is 5.91 Å². The molecule has 0 fully saturated rings. The zero-order valence-electron chi connectivity index (χ0n) is 7.43. The van der Waals surface area contributed by atoms with Crippen molar-refractivity contribution < 1.29 is 9.53 Å². The maximum Gasteiger partial charge on any atom is 0.252 e. The summed E-state index contributed by atoms with van der Waals surface area (Å²) in [7, 11) is 3.11. The molecule has 0 aliphatic rings. The number of methoxy groups -OCH3 is 1. The maximum absolute atomic E-state index is 11.2. The molecule has 1 rings (SSSR count). The quantitative estimate of drug-likeness (QED) is 0.788. The number of benzene rings is 1. The smallest absolute Gasteiger partial charge is 0.252 e. The van der Waals surface area contributed by atoms with Gasteiger partial charge in [0, 0.05) is 7.05 Å². The zero-order valence-corrected chi connectivity index (χ0v) is 8.18. The molecule has 0 saturated heterocycles. The van der Waals surface area contributed by atoms with Gasteiger partial charge in [0.15, 0.2) is 0 Å². The van der Waals surface area contributed by atoms with Gasteiger partial charge in [-0.1, -0.05) is 11.6 Å². The lowest BCUT2D eigenvalue weighted by molar-refractivity contribution is 0.0963. The molecule has 4 heteroatoms. The van der Waals surface area contributed by atoms with Crippen LogP contribution in [0.25, 0.3) is 0 Å². The highest BCUT2D eigenvalue weighted by Gasteiger charge is 2.08. The summed E-state index contributed by atoms with van der Waals surface area (Å²) in [6.45, 7) is 0. The molecule has 0 aliphatic heterocycles. The maximum atomic E-state index is 11.2. The zero-order chi connectivity index (χ0) is 9.84. The second-order valence-electron chi connectivity index (χ2n) is 2.42. The summed E-state index contributed by atoms with van der Waals surface area (Å²) in [5.41, 5.74) is 0.449. The highest BCUT2D eigenvalue weighted by Crippen LogP contribution is 2.21. The Morgan fingerprint density at radius 3 is 2.69 bits per heavy atom. The summed E-state index contributed by atoms with van der Waals surface area (Å²) in [5, 5.41) is 2.88. The van der Waals surface area contributed by atoms with Crippen molar-refractivity contribution in [1.82, 2.24) is 5.32 Å². The van der Waals surface area contributed by atoms with E-state index >= 15 is 0 Å². The molecular formula is C9H10ClNO2. The van der Waals surface area contributed by atoms with Crippen molar-refractivity contribution in [2.75, 3.05) is 14.2 Å². The van der Waals surface area contributed by atoms with Crippen molar-refractivity contribution in [3.8, 4) is 5.75 Å². The van der Waals surface area contributed by atoms with E-state index in [0.29, 0.717) is 16.3 Å². The molecule has 0 spiro atoms. The number of carbonyl (C=O) groups excluding carboxylic acids is 1. The molecule has 0 radical (unpaired) electrons. The average Bonchev–Trinajstić information content (AvgIpc) is 2.16. The molecular weight excluding hydrogens is 190 g/mol. The van der Waals surface area contributed by atoms with Gasteiger partial charge in [-0.25, -0.2) is 0 Å². The Hall–Kier alpha value is -1.22. The molecule has 13 heavy (non-hydrogen) atoms. The normalized spacial score (nSPS) is 9.46. The van der Waals surface area contributed by atoms with Crippen LogP contribution in [-0.4, -0.2) is 20.1 Å². The minimum Gasteiger partial charge on any atom is -0.497 e. The van der Waals surface area contributed by atoms with Crippen LogP contribution in [0.2, 0.25) is 5.02 Å². The minimum atomic E-state index is -0.201. The summed E-state index contributed by atoms with van der Waals surface area (Å²) in [6.07, 6.45) is 0. The lowest BCUT2D eigenvalue weighted by atomic mass is 10.2. The van der Waals surface area contributed by atoms with Crippen molar-refractivity contribution >= 4 is 17.5 Å². The van der Waals surface area contributed by atoms with Gasteiger partial charge >= 0.3 is 0 Å². The third-order valence-electron chi connectivity index (χ3n) is 1.65. The van der Waals surface area contributed by atoms with Crippen LogP contribution in [0.1, 0.15) is 10.4 Å². The van der Waals surface area contributed by atoms with Crippen LogP contribution in [0, 0.1) is 0 Å². The summed E-state index contributed by atoms with van der Waals surface area (Å²) in [5.74, 6) is 0.435. The van der Waals surface area contributed by atoms with E-state index in [1.165, 1.54) is 0 Å². The first-order chi connectivity index (χ1) is 6.19. The van der Waals surface area contributed by atoms with Gasteiger partial charge in [-0.05, 0) is 18.2 Å². The molecule has 0 heterocycles. The highest BCUT2D eigenvalue weighted by molar-refractivity contribution is 6.34. The lowest BCUT2D eigenvalue weighted by Crippen LogP contribution is -2.18. The third kappa shape index (κ3) is 2.12. The molecule has 3 nitrogen and oxygen atoms in total. The fourth-order valence-electron chi connectivity index (χ4n) is 0.942. The van der Waals surface area contributed by atoms with Crippen LogP contribution in [0.3, 0.4) is 0 Å². The van der Waals surface area contributed by atoms with Gasteiger partial charge in [0.05, 0.1) is 17.7 Å². The Morgan fingerprint density at radius 1 is 1.54 bits per heavy atom. The molecule has 0 aliphatic carbocycles. The van der Waals surface area contributed by atoms with E-state index in [9.17, 15) is 4.79 Å². The topological polar surface area (TPSA) is 38.3 Å². The predicted molar refractivity (Wildman–Crippen MR) is 51.4 cm³/mol. The Kier molecular flexibility index (Phi) is 3.14. The van der Waals surface area contributed by atoms with Gasteiger partial charge in [-0.2, -0.15) is 0 Å². The van der Waals surface area contributed by atoms with Crippen LogP contribution in [0.5, 0.6) is 5.75 Å². The van der Waals surface area contributed by atoms with E-state index in [1.54, 1.807) is 32.4 Å². The first kappa shape index (κ1) is 9.86. The first-order valence-corrected chi connectivity index (χ1v) is 4.12. The number of rotatable bonds is 2. The fraction of sp³-hybridized carbons (Fsp3) is 0.222. The average molecular weight is 200 g/mol. The summed E-state index contributed by atoms with van der Waals surface area (Å²) in [4.78, 5) is 11.2. The predicted octanol–water partition coefficient (Wildman–Crippen LogP) is 1.71. The van der Waals surface area contributed by atoms with Gasteiger partial charge in [-0.3, -0.25) is 4.79 Å².